The Kier molecular flexibility index (Phi) is 5.72. The van der Waals surface area contributed by atoms with Gasteiger partial charge in [0, 0.05) is 18.6 Å². The summed E-state index contributed by atoms with van der Waals surface area (Å²) in [5, 5.41) is 39.6. The van der Waals surface area contributed by atoms with Gasteiger partial charge in [-0.3, -0.25) is 0 Å². The third-order valence-electron chi connectivity index (χ3n) is 4.36. The van der Waals surface area contributed by atoms with Crippen LogP contribution in [0.2, 0.25) is 0 Å². The number of aliphatic hydroxyl groups is 4. The molecule has 0 spiro atoms. The lowest BCUT2D eigenvalue weighted by molar-refractivity contribution is -0.287. The van der Waals surface area contributed by atoms with Gasteiger partial charge < -0.3 is 52.8 Å². The van der Waals surface area contributed by atoms with Gasteiger partial charge in [0.15, 0.2) is 6.29 Å². The van der Waals surface area contributed by atoms with Gasteiger partial charge in [-0.2, -0.15) is 0 Å². The maximum absolute atomic E-state index is 10.1. The highest BCUT2D eigenvalue weighted by molar-refractivity contribution is 4.99. The van der Waals surface area contributed by atoms with Gasteiger partial charge in [-0.1, -0.05) is 0 Å². The molecule has 0 amide bonds. The number of aliphatic hydroxyl groups excluding tert-OH is 4. The predicted octanol–water partition coefficient (Wildman–Crippen LogP) is -5.12. The van der Waals surface area contributed by atoms with Gasteiger partial charge in [0.1, 0.15) is 30.5 Å². The van der Waals surface area contributed by atoms with E-state index in [9.17, 15) is 20.4 Å². The number of hydrogen-bond donors (Lipinski definition) is 8. The highest BCUT2D eigenvalue weighted by Gasteiger charge is 2.47. The maximum Gasteiger partial charge on any atom is 0.176 e. The van der Waals surface area contributed by atoms with Gasteiger partial charge in [0.05, 0.1) is 12.1 Å². The molecule has 0 bridgehead atoms. The first-order valence-corrected chi connectivity index (χ1v) is 7.28. The third kappa shape index (κ3) is 3.26. The summed E-state index contributed by atoms with van der Waals surface area (Å²) in [6, 6.07) is -2.34. The Hall–Kier alpha value is -0.400. The van der Waals surface area contributed by atoms with Crippen LogP contribution in [0.3, 0.4) is 0 Å². The van der Waals surface area contributed by atoms with Crippen LogP contribution in [0.5, 0.6) is 0 Å². The van der Waals surface area contributed by atoms with Crippen LogP contribution in [0.25, 0.3) is 0 Å². The van der Waals surface area contributed by atoms with Gasteiger partial charge in [-0.05, 0) is 6.42 Å². The highest BCUT2D eigenvalue weighted by atomic mass is 16.7. The lowest BCUT2D eigenvalue weighted by atomic mass is 9.84. The van der Waals surface area contributed by atoms with E-state index in [-0.39, 0.29) is 13.0 Å². The molecular formula is C12H26N4O6. The standard InChI is InChI=1S/C12H26N4O6/c13-2-5-8(18)9(19)6(16)12(21-5)22-11-4(15)1-3(14)7(17)10(11)20/h3-12,17-20H,1-2,13-16H2/t3-,4+,5-,6+,7-,8-,9+,10-,11+,12+/m0/s1. The summed E-state index contributed by atoms with van der Waals surface area (Å²) in [7, 11) is 0. The van der Waals surface area contributed by atoms with Crippen molar-refractivity contribution < 1.29 is 29.9 Å². The number of nitrogens with two attached hydrogens (primary N) is 4. The molecule has 2 fully saturated rings. The fourth-order valence-electron chi connectivity index (χ4n) is 2.89. The normalized spacial score (nSPS) is 53.5. The molecule has 1 aliphatic heterocycles. The van der Waals surface area contributed by atoms with E-state index in [4.69, 9.17) is 32.4 Å². The molecule has 130 valence electrons. The zero-order valence-corrected chi connectivity index (χ0v) is 12.1. The Morgan fingerprint density at radius 3 is 2.14 bits per heavy atom. The van der Waals surface area contributed by atoms with Crippen molar-refractivity contribution in [2.75, 3.05) is 6.54 Å². The van der Waals surface area contributed by atoms with Crippen LogP contribution in [0.15, 0.2) is 0 Å². The van der Waals surface area contributed by atoms with Gasteiger partial charge in [-0.25, -0.2) is 0 Å². The molecule has 0 unspecified atom stereocenters. The fraction of sp³-hybridized carbons (Fsp3) is 1.00. The van der Waals surface area contributed by atoms with Crippen molar-refractivity contribution in [1.82, 2.24) is 0 Å². The lowest BCUT2D eigenvalue weighted by Crippen LogP contribution is -2.67. The molecule has 0 aromatic heterocycles. The minimum Gasteiger partial charge on any atom is -0.389 e. The molecule has 10 atom stereocenters. The second-order valence-electron chi connectivity index (χ2n) is 5.98. The van der Waals surface area contributed by atoms with Gasteiger partial charge in [-0.15, -0.1) is 0 Å². The highest BCUT2D eigenvalue weighted by Crippen LogP contribution is 2.26. The van der Waals surface area contributed by atoms with E-state index in [0.717, 1.165) is 0 Å². The Morgan fingerprint density at radius 1 is 0.909 bits per heavy atom. The molecule has 1 saturated heterocycles. The molecule has 0 aromatic carbocycles. The van der Waals surface area contributed by atoms with Crippen molar-refractivity contribution in [2.24, 2.45) is 22.9 Å². The van der Waals surface area contributed by atoms with Crippen LogP contribution in [-0.4, -0.2) is 88.0 Å². The molecule has 22 heavy (non-hydrogen) atoms. The molecule has 2 rings (SSSR count). The summed E-state index contributed by atoms with van der Waals surface area (Å²) in [6.45, 7) is -0.0441. The molecule has 2 aliphatic rings. The zero-order valence-electron chi connectivity index (χ0n) is 12.1. The van der Waals surface area contributed by atoms with Gasteiger partial charge in [0.2, 0.25) is 0 Å². The Bertz CT molecular complexity index is 376. The first-order chi connectivity index (χ1) is 10.3. The number of ether oxygens (including phenoxy) is 2. The van der Waals surface area contributed by atoms with Gasteiger partial charge >= 0.3 is 0 Å². The Morgan fingerprint density at radius 2 is 1.55 bits per heavy atom. The molecule has 10 nitrogen and oxygen atoms in total. The van der Waals surface area contributed by atoms with Crippen LogP contribution in [-0.2, 0) is 9.47 Å². The van der Waals surface area contributed by atoms with E-state index in [2.05, 4.69) is 0 Å². The molecule has 1 aliphatic carbocycles. The summed E-state index contributed by atoms with van der Waals surface area (Å²) in [6.07, 6.45) is -7.73. The minimum atomic E-state index is -1.31. The monoisotopic (exact) mass is 322 g/mol. The lowest BCUT2D eigenvalue weighted by Gasteiger charge is -2.45. The van der Waals surface area contributed by atoms with Crippen molar-refractivity contribution >= 4 is 0 Å². The number of hydrogen-bond acceptors (Lipinski definition) is 10. The van der Waals surface area contributed by atoms with Crippen molar-refractivity contribution in [1.29, 1.82) is 0 Å². The molecular weight excluding hydrogens is 296 g/mol. The van der Waals surface area contributed by atoms with E-state index in [1.165, 1.54) is 0 Å². The average Bonchev–Trinajstić information content (AvgIpc) is 2.49. The Balaban J connectivity index is 2.08. The summed E-state index contributed by atoms with van der Waals surface area (Å²) in [5.74, 6) is 0. The SMILES string of the molecule is NC[C@@H]1O[C@H](O[C@H]2[C@@H](O)[C@@H](O)[C@@H](N)C[C@H]2N)[C@H](N)[C@@H](O)[C@H]1O. The second-order valence-corrected chi connectivity index (χ2v) is 5.98. The summed E-state index contributed by atoms with van der Waals surface area (Å²) in [4.78, 5) is 0. The first kappa shape index (κ1) is 17.9. The van der Waals surface area contributed by atoms with Crippen molar-refractivity contribution in [3.8, 4) is 0 Å². The van der Waals surface area contributed by atoms with Crippen molar-refractivity contribution in [2.45, 2.75) is 67.5 Å². The summed E-state index contributed by atoms with van der Waals surface area (Å²) in [5.41, 5.74) is 22.8. The van der Waals surface area contributed by atoms with E-state index in [1.54, 1.807) is 0 Å². The second kappa shape index (κ2) is 7.01. The van der Waals surface area contributed by atoms with Gasteiger partial charge in [0.25, 0.3) is 0 Å². The van der Waals surface area contributed by atoms with E-state index >= 15 is 0 Å². The first-order valence-electron chi connectivity index (χ1n) is 7.28. The van der Waals surface area contributed by atoms with E-state index in [0.29, 0.717) is 0 Å². The van der Waals surface area contributed by atoms with E-state index < -0.39 is 61.0 Å². The van der Waals surface area contributed by atoms with Crippen LogP contribution in [0.1, 0.15) is 6.42 Å². The topological polar surface area (TPSA) is 203 Å². The van der Waals surface area contributed by atoms with E-state index in [1.807, 2.05) is 0 Å². The van der Waals surface area contributed by atoms with Crippen LogP contribution in [0.4, 0.5) is 0 Å². The van der Waals surface area contributed by atoms with Crippen LogP contribution < -0.4 is 22.9 Å². The van der Waals surface area contributed by atoms with Crippen molar-refractivity contribution in [3.05, 3.63) is 0 Å². The Labute approximate surface area is 128 Å². The average molecular weight is 322 g/mol. The molecule has 1 heterocycles. The summed E-state index contributed by atoms with van der Waals surface area (Å²) < 4.78 is 11.0. The molecule has 12 N–H and O–H groups in total. The molecule has 1 saturated carbocycles. The fourth-order valence-corrected chi connectivity index (χ4v) is 2.89. The van der Waals surface area contributed by atoms with Crippen LogP contribution >= 0.6 is 0 Å². The minimum absolute atomic E-state index is 0.0441. The molecule has 10 heteroatoms. The summed E-state index contributed by atoms with van der Waals surface area (Å²) >= 11 is 0. The van der Waals surface area contributed by atoms with Crippen LogP contribution in [0, 0.1) is 0 Å². The quantitative estimate of drug-likeness (QED) is 0.248. The molecule has 0 radical (unpaired) electrons. The number of rotatable bonds is 3. The largest absolute Gasteiger partial charge is 0.389 e. The predicted molar refractivity (Wildman–Crippen MR) is 75.2 cm³/mol. The zero-order chi connectivity index (χ0) is 16.6. The maximum atomic E-state index is 10.1. The third-order valence-corrected chi connectivity index (χ3v) is 4.36. The van der Waals surface area contributed by atoms with Crippen molar-refractivity contribution in [3.63, 3.8) is 0 Å². The smallest absolute Gasteiger partial charge is 0.176 e. The molecule has 0 aromatic rings.